The van der Waals surface area contributed by atoms with Crippen molar-refractivity contribution in [3.8, 4) is 0 Å². The third-order valence-electron chi connectivity index (χ3n) is 3.40. The van der Waals surface area contributed by atoms with Crippen molar-refractivity contribution in [3.63, 3.8) is 0 Å². The van der Waals surface area contributed by atoms with E-state index in [2.05, 4.69) is 10.1 Å². The highest BCUT2D eigenvalue weighted by Gasteiger charge is 2.10. The van der Waals surface area contributed by atoms with Crippen molar-refractivity contribution in [2.45, 2.75) is 31.8 Å². The van der Waals surface area contributed by atoms with Crippen molar-refractivity contribution in [1.82, 2.24) is 14.6 Å². The Labute approximate surface area is 152 Å². The number of hydrogen-bond acceptors (Lipinski definition) is 7. The predicted molar refractivity (Wildman–Crippen MR) is 98.2 cm³/mol. The summed E-state index contributed by atoms with van der Waals surface area (Å²) in [6, 6.07) is 9.30. The van der Waals surface area contributed by atoms with E-state index in [1.54, 1.807) is 0 Å². The van der Waals surface area contributed by atoms with E-state index in [0.29, 0.717) is 10.7 Å². The molecule has 0 aliphatic heterocycles. The Morgan fingerprint density at radius 3 is 2.80 bits per heavy atom. The van der Waals surface area contributed by atoms with E-state index in [1.165, 1.54) is 39.2 Å². The van der Waals surface area contributed by atoms with Crippen LogP contribution < -0.4 is 5.56 Å². The van der Waals surface area contributed by atoms with Gasteiger partial charge in [0.1, 0.15) is 11.6 Å². The molecule has 0 N–H and O–H groups in total. The summed E-state index contributed by atoms with van der Waals surface area (Å²) in [5.74, 6) is -0.128. The van der Waals surface area contributed by atoms with Crippen LogP contribution in [0.4, 0.5) is 0 Å². The molecule has 130 valence electrons. The first-order valence-electron chi connectivity index (χ1n) is 7.79. The van der Waals surface area contributed by atoms with Gasteiger partial charge < -0.3 is 4.74 Å². The van der Waals surface area contributed by atoms with Gasteiger partial charge in [0.05, 0.1) is 11.4 Å². The van der Waals surface area contributed by atoms with Crippen LogP contribution in [0.5, 0.6) is 0 Å². The standard InChI is InChI=1S/C17H17N3O3S2/c1-3-14-19-20-15(21)8-12(18-17(20)25-14)9-23-16(22)10-24-13-6-4-11(2)5-7-13/h4-8H,3,9-10H2,1-2H3. The minimum atomic E-state index is -0.342. The van der Waals surface area contributed by atoms with Crippen molar-refractivity contribution in [2.24, 2.45) is 0 Å². The minimum absolute atomic E-state index is 0.0155. The molecule has 0 fully saturated rings. The first kappa shape index (κ1) is 17.6. The van der Waals surface area contributed by atoms with E-state index in [9.17, 15) is 9.59 Å². The first-order chi connectivity index (χ1) is 12.0. The number of fused-ring (bicyclic) bond motifs is 1. The molecule has 2 aromatic heterocycles. The van der Waals surface area contributed by atoms with E-state index in [4.69, 9.17) is 4.74 Å². The van der Waals surface area contributed by atoms with Crippen LogP contribution in [0.25, 0.3) is 4.96 Å². The Balaban J connectivity index is 1.59. The summed E-state index contributed by atoms with van der Waals surface area (Å²) in [5.41, 5.74) is 1.35. The Morgan fingerprint density at radius 1 is 1.32 bits per heavy atom. The number of benzene rings is 1. The van der Waals surface area contributed by atoms with Crippen molar-refractivity contribution in [3.05, 3.63) is 57.0 Å². The van der Waals surface area contributed by atoms with Crippen molar-refractivity contribution in [1.29, 1.82) is 0 Å². The van der Waals surface area contributed by atoms with Gasteiger partial charge in [-0.3, -0.25) is 9.59 Å². The van der Waals surface area contributed by atoms with Crippen LogP contribution in [0.3, 0.4) is 0 Å². The normalized spacial score (nSPS) is 11.0. The molecular formula is C17H17N3O3S2. The molecule has 3 aromatic rings. The lowest BCUT2D eigenvalue weighted by molar-refractivity contribution is -0.141. The molecule has 3 rings (SSSR count). The fraction of sp³-hybridized carbons (Fsp3) is 0.294. The van der Waals surface area contributed by atoms with Crippen LogP contribution in [0, 0.1) is 6.92 Å². The fourth-order valence-corrected chi connectivity index (χ4v) is 3.64. The van der Waals surface area contributed by atoms with Gasteiger partial charge in [0.15, 0.2) is 0 Å². The number of rotatable bonds is 6. The molecule has 1 aromatic carbocycles. The van der Waals surface area contributed by atoms with Gasteiger partial charge in [0.25, 0.3) is 5.56 Å². The van der Waals surface area contributed by atoms with Gasteiger partial charge in [-0.15, -0.1) is 11.8 Å². The molecule has 0 spiro atoms. The van der Waals surface area contributed by atoms with Crippen LogP contribution in [0.2, 0.25) is 0 Å². The number of hydrogen-bond donors (Lipinski definition) is 0. The molecule has 0 aliphatic carbocycles. The van der Waals surface area contributed by atoms with Crippen molar-refractivity contribution < 1.29 is 9.53 Å². The molecule has 8 heteroatoms. The van der Waals surface area contributed by atoms with E-state index in [-0.39, 0.29) is 23.9 Å². The molecular weight excluding hydrogens is 358 g/mol. The molecule has 25 heavy (non-hydrogen) atoms. The highest BCUT2D eigenvalue weighted by atomic mass is 32.2. The maximum absolute atomic E-state index is 12.0. The topological polar surface area (TPSA) is 73.6 Å². The number of carbonyl (C=O) groups is 1. The number of aryl methyl sites for hydroxylation is 2. The lowest BCUT2D eigenvalue weighted by atomic mass is 10.2. The average Bonchev–Trinajstić information content (AvgIpc) is 3.03. The highest BCUT2D eigenvalue weighted by Crippen LogP contribution is 2.18. The van der Waals surface area contributed by atoms with Crippen LogP contribution in [0.1, 0.15) is 23.2 Å². The molecule has 0 saturated heterocycles. The van der Waals surface area contributed by atoms with Crippen LogP contribution in [-0.2, 0) is 22.6 Å². The van der Waals surface area contributed by atoms with Gasteiger partial charge in [-0.25, -0.2) is 4.98 Å². The van der Waals surface area contributed by atoms with Gasteiger partial charge in [0, 0.05) is 11.0 Å². The highest BCUT2D eigenvalue weighted by molar-refractivity contribution is 8.00. The Hall–Kier alpha value is -2.19. The molecule has 0 atom stereocenters. The Kier molecular flexibility index (Phi) is 5.50. The summed E-state index contributed by atoms with van der Waals surface area (Å²) in [6.45, 7) is 3.97. The maximum Gasteiger partial charge on any atom is 0.316 e. The van der Waals surface area contributed by atoms with Crippen LogP contribution in [-0.4, -0.2) is 26.3 Å². The fourth-order valence-electron chi connectivity index (χ4n) is 2.09. The molecule has 2 heterocycles. The van der Waals surface area contributed by atoms with Gasteiger partial charge in [-0.05, 0) is 25.5 Å². The van der Waals surface area contributed by atoms with Crippen LogP contribution in [0.15, 0.2) is 40.0 Å². The van der Waals surface area contributed by atoms with E-state index >= 15 is 0 Å². The Morgan fingerprint density at radius 2 is 2.08 bits per heavy atom. The molecule has 0 aliphatic rings. The average molecular weight is 375 g/mol. The number of esters is 1. The smallest absolute Gasteiger partial charge is 0.316 e. The molecule has 0 saturated carbocycles. The lowest BCUT2D eigenvalue weighted by Gasteiger charge is -2.05. The number of thioether (sulfide) groups is 1. The number of nitrogens with zero attached hydrogens (tertiary/aromatic N) is 3. The largest absolute Gasteiger partial charge is 0.459 e. The summed E-state index contributed by atoms with van der Waals surface area (Å²) in [5, 5.41) is 5.03. The predicted octanol–water partition coefficient (Wildman–Crippen LogP) is 2.86. The van der Waals surface area contributed by atoms with Gasteiger partial charge in [0.2, 0.25) is 4.96 Å². The molecule has 0 bridgehead atoms. The summed E-state index contributed by atoms with van der Waals surface area (Å²) in [7, 11) is 0. The third kappa shape index (κ3) is 4.46. The second-order valence-electron chi connectivity index (χ2n) is 5.39. The van der Waals surface area contributed by atoms with E-state index in [1.807, 2.05) is 38.1 Å². The van der Waals surface area contributed by atoms with Crippen molar-refractivity contribution in [2.75, 3.05) is 5.75 Å². The van der Waals surface area contributed by atoms with Gasteiger partial charge >= 0.3 is 5.97 Å². The third-order valence-corrected chi connectivity index (χ3v) is 5.44. The summed E-state index contributed by atoms with van der Waals surface area (Å²) in [4.78, 5) is 29.8. The molecule has 0 radical (unpaired) electrons. The zero-order valence-corrected chi connectivity index (χ0v) is 15.5. The second kappa shape index (κ2) is 7.79. The Bertz CT molecular complexity index is 948. The van der Waals surface area contributed by atoms with E-state index < -0.39 is 0 Å². The zero-order valence-electron chi connectivity index (χ0n) is 13.9. The van der Waals surface area contributed by atoms with Gasteiger partial charge in [-0.1, -0.05) is 36.0 Å². The van der Waals surface area contributed by atoms with Crippen molar-refractivity contribution >= 4 is 34.0 Å². The summed E-state index contributed by atoms with van der Waals surface area (Å²) < 4.78 is 6.50. The molecule has 0 amide bonds. The number of aromatic nitrogens is 3. The summed E-state index contributed by atoms with van der Waals surface area (Å²) in [6.07, 6.45) is 0.744. The maximum atomic E-state index is 12.0. The SMILES string of the molecule is CCc1nn2c(=O)cc(COC(=O)CSc3ccc(C)cc3)nc2s1. The minimum Gasteiger partial charge on any atom is -0.459 e. The summed E-state index contributed by atoms with van der Waals surface area (Å²) >= 11 is 2.78. The second-order valence-corrected chi connectivity index (χ2v) is 7.48. The quantitative estimate of drug-likeness (QED) is 0.487. The first-order valence-corrected chi connectivity index (χ1v) is 9.59. The number of ether oxygens (including phenoxy) is 1. The monoisotopic (exact) mass is 375 g/mol. The molecule has 6 nitrogen and oxygen atoms in total. The van der Waals surface area contributed by atoms with Gasteiger partial charge in [-0.2, -0.15) is 9.61 Å². The van der Waals surface area contributed by atoms with E-state index in [0.717, 1.165) is 16.3 Å². The zero-order chi connectivity index (χ0) is 17.8. The lowest BCUT2D eigenvalue weighted by Crippen LogP contribution is -2.17. The van der Waals surface area contributed by atoms with Crippen LogP contribution >= 0.6 is 23.1 Å². The molecule has 0 unspecified atom stereocenters. The number of carbonyl (C=O) groups excluding carboxylic acids is 1.